The lowest BCUT2D eigenvalue weighted by Gasteiger charge is -2.30. The summed E-state index contributed by atoms with van der Waals surface area (Å²) in [5, 5.41) is 6.40. The van der Waals surface area contributed by atoms with Gasteiger partial charge >= 0.3 is 0 Å². The first-order chi connectivity index (χ1) is 16.0. The number of carbonyl (C=O) groups excluding carboxylic acids is 1. The van der Waals surface area contributed by atoms with Gasteiger partial charge in [0.25, 0.3) is 5.91 Å². The van der Waals surface area contributed by atoms with Crippen molar-refractivity contribution in [1.29, 1.82) is 0 Å². The van der Waals surface area contributed by atoms with Crippen LogP contribution in [0.2, 0.25) is 0 Å². The maximum atomic E-state index is 14.1. The third kappa shape index (κ3) is 4.46. The quantitative estimate of drug-likeness (QED) is 0.559. The van der Waals surface area contributed by atoms with Gasteiger partial charge in [0, 0.05) is 25.1 Å². The second-order valence-electron chi connectivity index (χ2n) is 9.11. The van der Waals surface area contributed by atoms with Gasteiger partial charge in [0.1, 0.15) is 5.82 Å². The van der Waals surface area contributed by atoms with Crippen LogP contribution in [0.1, 0.15) is 45.8 Å². The number of benzene rings is 3. The Hall–Kier alpha value is -3.31. The maximum Gasteiger partial charge on any atom is 0.257 e. The summed E-state index contributed by atoms with van der Waals surface area (Å²) in [6.07, 6.45) is 1.51. The number of halogens is 1. The van der Waals surface area contributed by atoms with Gasteiger partial charge in [-0.15, -0.1) is 0 Å². The molecule has 0 bridgehead atoms. The minimum atomic E-state index is -0.305. The van der Waals surface area contributed by atoms with Gasteiger partial charge in [0.15, 0.2) is 0 Å². The van der Waals surface area contributed by atoms with Crippen molar-refractivity contribution in [3.05, 3.63) is 106 Å². The van der Waals surface area contributed by atoms with Gasteiger partial charge in [0.05, 0.1) is 18.3 Å². The van der Waals surface area contributed by atoms with Crippen molar-refractivity contribution in [2.45, 2.75) is 39.3 Å². The molecule has 3 aromatic rings. The standard InChI is InChI=1S/C28H28FN3O/c1-19-10-11-20(2)25(14-19)26-16-27(22-8-5-9-24(29)15-22)32(30-26)28(33)18-31-13-12-21-6-3-4-7-23(21)17-31/h3-11,14-15,27H,12-13,16-18H2,1-2H3. The second kappa shape index (κ2) is 8.91. The average Bonchev–Trinajstić information content (AvgIpc) is 3.26. The highest BCUT2D eigenvalue weighted by atomic mass is 19.1. The lowest BCUT2D eigenvalue weighted by Crippen LogP contribution is -2.40. The fourth-order valence-electron chi connectivity index (χ4n) is 4.88. The van der Waals surface area contributed by atoms with E-state index in [1.165, 1.54) is 23.3 Å². The molecule has 0 radical (unpaired) electrons. The molecule has 33 heavy (non-hydrogen) atoms. The van der Waals surface area contributed by atoms with E-state index in [0.29, 0.717) is 13.0 Å². The summed E-state index contributed by atoms with van der Waals surface area (Å²) >= 11 is 0. The van der Waals surface area contributed by atoms with Gasteiger partial charge < -0.3 is 0 Å². The molecule has 2 aliphatic rings. The minimum absolute atomic E-state index is 0.0519. The van der Waals surface area contributed by atoms with E-state index in [1.54, 1.807) is 11.1 Å². The topological polar surface area (TPSA) is 35.9 Å². The number of nitrogens with zero attached hydrogens (tertiary/aromatic N) is 3. The van der Waals surface area contributed by atoms with Gasteiger partial charge in [-0.25, -0.2) is 9.40 Å². The highest BCUT2D eigenvalue weighted by molar-refractivity contribution is 6.04. The van der Waals surface area contributed by atoms with Gasteiger partial charge in [-0.2, -0.15) is 5.10 Å². The zero-order chi connectivity index (χ0) is 22.9. The smallest absolute Gasteiger partial charge is 0.257 e. The first kappa shape index (κ1) is 21.5. The van der Waals surface area contributed by atoms with Crippen LogP contribution >= 0.6 is 0 Å². The molecular formula is C28H28FN3O. The predicted octanol–water partition coefficient (Wildman–Crippen LogP) is 5.18. The number of hydrogen-bond acceptors (Lipinski definition) is 3. The molecule has 0 aromatic heterocycles. The Labute approximate surface area is 194 Å². The van der Waals surface area contributed by atoms with Crippen molar-refractivity contribution in [3.63, 3.8) is 0 Å². The molecule has 0 saturated carbocycles. The van der Waals surface area contributed by atoms with E-state index in [-0.39, 0.29) is 17.8 Å². The zero-order valence-electron chi connectivity index (χ0n) is 19.1. The van der Waals surface area contributed by atoms with Gasteiger partial charge in [0.2, 0.25) is 0 Å². The molecular weight excluding hydrogens is 413 g/mol. The largest absolute Gasteiger partial charge is 0.290 e. The van der Waals surface area contributed by atoms with E-state index in [1.807, 2.05) is 12.1 Å². The van der Waals surface area contributed by atoms with Crippen molar-refractivity contribution >= 4 is 11.6 Å². The van der Waals surface area contributed by atoms with Crippen LogP contribution in [-0.4, -0.2) is 34.6 Å². The number of amides is 1. The number of hydrazone groups is 1. The molecule has 0 fully saturated rings. The Morgan fingerprint density at radius 3 is 2.67 bits per heavy atom. The third-order valence-corrected chi connectivity index (χ3v) is 6.67. The molecule has 1 unspecified atom stereocenters. The molecule has 5 heteroatoms. The van der Waals surface area contributed by atoms with Crippen LogP contribution in [0.4, 0.5) is 4.39 Å². The van der Waals surface area contributed by atoms with Gasteiger partial charge in [-0.05, 0) is 60.7 Å². The lowest BCUT2D eigenvalue weighted by atomic mass is 9.95. The van der Waals surface area contributed by atoms with Crippen molar-refractivity contribution in [2.24, 2.45) is 5.10 Å². The maximum absolute atomic E-state index is 14.1. The molecule has 2 aliphatic heterocycles. The monoisotopic (exact) mass is 441 g/mol. The van der Waals surface area contributed by atoms with Crippen molar-refractivity contribution in [3.8, 4) is 0 Å². The zero-order valence-corrected chi connectivity index (χ0v) is 19.1. The normalized spacial score (nSPS) is 18.2. The summed E-state index contributed by atoms with van der Waals surface area (Å²) in [6.45, 7) is 6.01. The molecule has 3 aromatic carbocycles. The van der Waals surface area contributed by atoms with Crippen LogP contribution < -0.4 is 0 Å². The SMILES string of the molecule is Cc1ccc(C)c(C2=NN(C(=O)CN3CCc4ccccc4C3)C(c3cccc(F)c3)C2)c1. The van der Waals surface area contributed by atoms with Crippen LogP contribution in [0.15, 0.2) is 71.8 Å². The number of hydrogen-bond donors (Lipinski definition) is 0. The minimum Gasteiger partial charge on any atom is -0.290 e. The van der Waals surface area contributed by atoms with Crippen LogP contribution in [0.5, 0.6) is 0 Å². The number of aryl methyl sites for hydroxylation is 2. The first-order valence-corrected chi connectivity index (χ1v) is 11.5. The fraction of sp³-hybridized carbons (Fsp3) is 0.286. The van der Waals surface area contributed by atoms with Gasteiger partial charge in [-0.1, -0.05) is 54.1 Å². The van der Waals surface area contributed by atoms with E-state index in [2.05, 4.69) is 55.1 Å². The molecule has 0 spiro atoms. The molecule has 4 nitrogen and oxygen atoms in total. The Morgan fingerprint density at radius 2 is 1.85 bits per heavy atom. The van der Waals surface area contributed by atoms with E-state index < -0.39 is 0 Å². The second-order valence-corrected chi connectivity index (χ2v) is 9.11. The molecule has 1 atom stereocenters. The molecule has 2 heterocycles. The molecule has 1 amide bonds. The number of carbonyl (C=O) groups is 1. The Bertz CT molecular complexity index is 1240. The van der Waals surface area contributed by atoms with Crippen molar-refractivity contribution in [1.82, 2.24) is 9.91 Å². The summed E-state index contributed by atoms with van der Waals surface area (Å²) in [4.78, 5) is 15.7. The summed E-state index contributed by atoms with van der Waals surface area (Å²) in [6, 6.07) is 20.9. The van der Waals surface area contributed by atoms with E-state index in [0.717, 1.165) is 47.5 Å². The Morgan fingerprint density at radius 1 is 1.03 bits per heavy atom. The first-order valence-electron chi connectivity index (χ1n) is 11.5. The lowest BCUT2D eigenvalue weighted by molar-refractivity contribution is -0.134. The fourth-order valence-corrected chi connectivity index (χ4v) is 4.88. The van der Waals surface area contributed by atoms with E-state index >= 15 is 0 Å². The predicted molar refractivity (Wildman–Crippen MR) is 128 cm³/mol. The molecule has 5 rings (SSSR count). The highest BCUT2D eigenvalue weighted by Crippen LogP contribution is 2.34. The van der Waals surface area contributed by atoms with Crippen LogP contribution in [-0.2, 0) is 17.8 Å². The highest BCUT2D eigenvalue weighted by Gasteiger charge is 2.34. The number of fused-ring (bicyclic) bond motifs is 1. The average molecular weight is 442 g/mol. The Kier molecular flexibility index (Phi) is 5.81. The summed E-state index contributed by atoms with van der Waals surface area (Å²) in [7, 11) is 0. The third-order valence-electron chi connectivity index (χ3n) is 6.67. The Balaban J connectivity index is 1.43. The number of rotatable bonds is 4. The molecule has 0 N–H and O–H groups in total. The van der Waals surface area contributed by atoms with Gasteiger partial charge in [-0.3, -0.25) is 9.69 Å². The van der Waals surface area contributed by atoms with E-state index in [4.69, 9.17) is 5.10 Å². The molecule has 0 saturated heterocycles. The summed E-state index contributed by atoms with van der Waals surface area (Å²) in [5.41, 5.74) is 7.61. The summed E-state index contributed by atoms with van der Waals surface area (Å²) in [5.74, 6) is -0.350. The van der Waals surface area contributed by atoms with E-state index in [9.17, 15) is 9.18 Å². The molecule has 0 aliphatic carbocycles. The molecule has 168 valence electrons. The summed E-state index contributed by atoms with van der Waals surface area (Å²) < 4.78 is 14.1. The van der Waals surface area contributed by atoms with Crippen LogP contribution in [0, 0.1) is 19.7 Å². The van der Waals surface area contributed by atoms with Crippen LogP contribution in [0.25, 0.3) is 0 Å². The van der Waals surface area contributed by atoms with Crippen molar-refractivity contribution in [2.75, 3.05) is 13.1 Å². The van der Waals surface area contributed by atoms with Crippen molar-refractivity contribution < 1.29 is 9.18 Å². The van der Waals surface area contributed by atoms with Crippen LogP contribution in [0.3, 0.4) is 0 Å².